The van der Waals surface area contributed by atoms with Gasteiger partial charge in [-0.25, -0.2) is 4.98 Å². The summed E-state index contributed by atoms with van der Waals surface area (Å²) in [4.78, 5) is 32.7. The van der Waals surface area contributed by atoms with Crippen molar-refractivity contribution < 1.29 is 19.4 Å². The third-order valence-electron chi connectivity index (χ3n) is 6.05. The number of ether oxygens (including phenoxy) is 1. The Bertz CT molecular complexity index is 1480. The molecule has 35 heavy (non-hydrogen) atoms. The summed E-state index contributed by atoms with van der Waals surface area (Å²) in [6, 6.07) is 18.6. The van der Waals surface area contributed by atoms with Crippen LogP contribution in [0.3, 0.4) is 0 Å². The van der Waals surface area contributed by atoms with E-state index in [1.807, 2.05) is 18.2 Å². The monoisotopic (exact) mass is 504 g/mol. The number of methoxy groups -OCH3 is 1. The van der Waals surface area contributed by atoms with Crippen LogP contribution in [0.5, 0.6) is 5.75 Å². The van der Waals surface area contributed by atoms with E-state index in [9.17, 15) is 14.7 Å². The molecule has 1 N–H and O–H groups in total. The van der Waals surface area contributed by atoms with E-state index in [4.69, 9.17) is 16.3 Å². The number of carbonyl (C=O) groups excluding carboxylic acids is 2. The average molecular weight is 505 g/mol. The van der Waals surface area contributed by atoms with Crippen LogP contribution in [0.2, 0.25) is 5.02 Å². The molecular formula is C27H21ClN2O4S. The molecule has 176 valence electrons. The third-order valence-corrected chi connectivity index (χ3v) is 7.32. The summed E-state index contributed by atoms with van der Waals surface area (Å²) in [5, 5.41) is 12.1. The molecular weight excluding hydrogens is 484 g/mol. The van der Waals surface area contributed by atoms with Gasteiger partial charge in [0, 0.05) is 10.6 Å². The van der Waals surface area contributed by atoms with Gasteiger partial charge >= 0.3 is 5.91 Å². The molecule has 0 unspecified atom stereocenters. The number of ketones is 1. The summed E-state index contributed by atoms with van der Waals surface area (Å²) in [7, 11) is 1.56. The molecule has 1 aromatic heterocycles. The van der Waals surface area contributed by atoms with Crippen molar-refractivity contribution in [2.75, 3.05) is 12.0 Å². The first-order valence-corrected chi connectivity index (χ1v) is 12.2. The van der Waals surface area contributed by atoms with Crippen LogP contribution in [-0.4, -0.2) is 28.9 Å². The molecule has 6 nitrogen and oxygen atoms in total. The minimum atomic E-state index is -0.859. The lowest BCUT2D eigenvalue weighted by Crippen LogP contribution is -2.29. The van der Waals surface area contributed by atoms with Crippen molar-refractivity contribution in [1.82, 2.24) is 4.98 Å². The first-order chi connectivity index (χ1) is 16.9. The van der Waals surface area contributed by atoms with Crippen LogP contribution >= 0.6 is 22.9 Å². The van der Waals surface area contributed by atoms with Crippen LogP contribution in [-0.2, 0) is 16.0 Å². The zero-order chi connectivity index (χ0) is 24.7. The fourth-order valence-electron chi connectivity index (χ4n) is 4.17. The van der Waals surface area contributed by atoms with E-state index >= 15 is 0 Å². The number of aryl methyl sites for hydroxylation is 1. The summed E-state index contributed by atoms with van der Waals surface area (Å²) >= 11 is 7.34. The SMILES string of the molecule is CCc1ccc2nc(N3C(=O)C(=O)/C(=C(/O)c4ccc(Cl)cc4)[C@H]3c3ccc(OC)cc3)sc2c1. The largest absolute Gasteiger partial charge is 0.507 e. The normalized spacial score (nSPS) is 17.3. The average Bonchev–Trinajstić information content (AvgIpc) is 3.41. The fourth-order valence-corrected chi connectivity index (χ4v) is 5.36. The van der Waals surface area contributed by atoms with Gasteiger partial charge in [-0.05, 0) is 66.1 Å². The Hall–Kier alpha value is -3.68. The highest BCUT2D eigenvalue weighted by molar-refractivity contribution is 7.22. The zero-order valence-corrected chi connectivity index (χ0v) is 20.6. The predicted octanol–water partition coefficient (Wildman–Crippen LogP) is 6.15. The number of aliphatic hydroxyl groups is 1. The molecule has 1 fully saturated rings. The van der Waals surface area contributed by atoms with Crippen molar-refractivity contribution in [3.05, 3.63) is 94.0 Å². The first kappa shape index (κ1) is 23.1. The number of rotatable bonds is 5. The van der Waals surface area contributed by atoms with Crippen molar-refractivity contribution in [3.8, 4) is 5.75 Å². The fraction of sp³-hybridized carbons (Fsp3) is 0.148. The van der Waals surface area contributed by atoms with Gasteiger partial charge in [0.2, 0.25) is 0 Å². The number of aromatic nitrogens is 1. The van der Waals surface area contributed by atoms with E-state index < -0.39 is 17.7 Å². The Morgan fingerprint density at radius 1 is 1.09 bits per heavy atom. The van der Waals surface area contributed by atoms with Gasteiger partial charge in [-0.3, -0.25) is 14.5 Å². The van der Waals surface area contributed by atoms with Crippen molar-refractivity contribution in [2.45, 2.75) is 19.4 Å². The molecule has 1 atom stereocenters. The van der Waals surface area contributed by atoms with Crippen LogP contribution < -0.4 is 9.64 Å². The number of anilines is 1. The number of benzene rings is 3. The quantitative estimate of drug-likeness (QED) is 0.200. The molecule has 0 saturated carbocycles. The maximum Gasteiger partial charge on any atom is 0.301 e. The lowest BCUT2D eigenvalue weighted by molar-refractivity contribution is -0.132. The van der Waals surface area contributed by atoms with Crippen molar-refractivity contribution in [3.63, 3.8) is 0 Å². The molecule has 2 heterocycles. The lowest BCUT2D eigenvalue weighted by atomic mass is 9.95. The highest BCUT2D eigenvalue weighted by Crippen LogP contribution is 2.44. The highest BCUT2D eigenvalue weighted by Gasteiger charge is 2.48. The Morgan fingerprint density at radius 2 is 1.80 bits per heavy atom. The van der Waals surface area contributed by atoms with Crippen LogP contribution in [0.25, 0.3) is 16.0 Å². The van der Waals surface area contributed by atoms with Gasteiger partial charge < -0.3 is 9.84 Å². The number of amides is 1. The number of thiazole rings is 1. The summed E-state index contributed by atoms with van der Waals surface area (Å²) in [6.07, 6.45) is 0.876. The maximum absolute atomic E-state index is 13.4. The smallest absolute Gasteiger partial charge is 0.301 e. The van der Waals surface area contributed by atoms with E-state index in [1.54, 1.807) is 55.6 Å². The van der Waals surface area contributed by atoms with E-state index in [0.29, 0.717) is 27.0 Å². The second-order valence-electron chi connectivity index (χ2n) is 8.10. The number of hydrogen-bond acceptors (Lipinski definition) is 6. The molecule has 1 saturated heterocycles. The number of carbonyl (C=O) groups is 2. The van der Waals surface area contributed by atoms with Gasteiger partial charge in [0.05, 0.1) is 28.9 Å². The van der Waals surface area contributed by atoms with Crippen molar-refractivity contribution >= 4 is 55.7 Å². The topological polar surface area (TPSA) is 79.7 Å². The number of hydrogen-bond donors (Lipinski definition) is 1. The molecule has 0 spiro atoms. The van der Waals surface area contributed by atoms with Gasteiger partial charge in [-0.2, -0.15) is 0 Å². The van der Waals surface area contributed by atoms with Crippen LogP contribution in [0.1, 0.15) is 29.7 Å². The molecule has 0 radical (unpaired) electrons. The summed E-state index contributed by atoms with van der Waals surface area (Å²) in [5.74, 6) is -1.14. The molecule has 0 aliphatic carbocycles. The number of nitrogens with zero attached hydrogens (tertiary/aromatic N) is 2. The summed E-state index contributed by atoms with van der Waals surface area (Å²) in [6.45, 7) is 2.07. The molecule has 8 heteroatoms. The van der Waals surface area contributed by atoms with E-state index in [0.717, 1.165) is 22.2 Å². The molecule has 3 aromatic carbocycles. The van der Waals surface area contributed by atoms with Crippen LogP contribution in [0.4, 0.5) is 5.13 Å². The number of aliphatic hydroxyl groups excluding tert-OH is 1. The second kappa shape index (κ2) is 9.17. The molecule has 4 aromatic rings. The highest BCUT2D eigenvalue weighted by atomic mass is 35.5. The van der Waals surface area contributed by atoms with Gasteiger partial charge in [-0.1, -0.05) is 48.1 Å². The van der Waals surface area contributed by atoms with Crippen LogP contribution in [0.15, 0.2) is 72.3 Å². The lowest BCUT2D eigenvalue weighted by Gasteiger charge is -2.23. The number of fused-ring (bicyclic) bond motifs is 1. The van der Waals surface area contributed by atoms with Gasteiger partial charge in [-0.15, -0.1) is 0 Å². The Balaban J connectivity index is 1.70. The Morgan fingerprint density at radius 3 is 2.46 bits per heavy atom. The number of halogens is 1. The van der Waals surface area contributed by atoms with E-state index in [2.05, 4.69) is 11.9 Å². The first-order valence-electron chi connectivity index (χ1n) is 11.0. The van der Waals surface area contributed by atoms with Crippen molar-refractivity contribution in [1.29, 1.82) is 0 Å². The van der Waals surface area contributed by atoms with Gasteiger partial charge in [0.25, 0.3) is 5.78 Å². The molecule has 0 bridgehead atoms. The van der Waals surface area contributed by atoms with Crippen LogP contribution in [0, 0.1) is 0 Å². The van der Waals surface area contributed by atoms with Crippen molar-refractivity contribution in [2.24, 2.45) is 0 Å². The molecule has 1 aliphatic heterocycles. The Kier molecular flexibility index (Phi) is 6.05. The Labute approximate surface area is 211 Å². The van der Waals surface area contributed by atoms with Gasteiger partial charge in [0.15, 0.2) is 5.13 Å². The molecule has 1 aliphatic rings. The third kappa shape index (κ3) is 4.07. The minimum Gasteiger partial charge on any atom is -0.507 e. The van der Waals surface area contributed by atoms with Gasteiger partial charge in [0.1, 0.15) is 11.5 Å². The van der Waals surface area contributed by atoms with E-state index in [-0.39, 0.29) is 11.3 Å². The standard InChI is InChI=1S/C27H21ClN2O4S/c1-3-15-4-13-20-21(14-15)35-27(29-20)30-23(16-7-11-19(34-2)12-8-16)22(25(32)26(30)33)24(31)17-5-9-18(28)10-6-17/h4-14,23,31H,3H2,1-2H3/b24-22+/t23-/m1/s1. The zero-order valence-electron chi connectivity index (χ0n) is 19.0. The predicted molar refractivity (Wildman–Crippen MR) is 138 cm³/mol. The molecule has 5 rings (SSSR count). The second-order valence-corrected chi connectivity index (χ2v) is 9.55. The summed E-state index contributed by atoms with van der Waals surface area (Å²) < 4.78 is 6.19. The maximum atomic E-state index is 13.4. The summed E-state index contributed by atoms with van der Waals surface area (Å²) in [5.41, 5.74) is 2.94. The van der Waals surface area contributed by atoms with E-state index in [1.165, 1.54) is 16.2 Å². The number of Topliss-reactive ketones (excluding diaryl/α,β-unsaturated/α-hetero) is 1. The minimum absolute atomic E-state index is 0.00371. The molecule has 1 amide bonds.